The van der Waals surface area contributed by atoms with E-state index in [1.54, 1.807) is 53.7 Å². The van der Waals surface area contributed by atoms with Gasteiger partial charge < -0.3 is 19.5 Å². The van der Waals surface area contributed by atoms with Crippen molar-refractivity contribution >= 4 is 11.9 Å². The number of halogens is 2. The molecule has 0 fully saturated rings. The van der Waals surface area contributed by atoms with Gasteiger partial charge in [0, 0.05) is 17.0 Å². The van der Waals surface area contributed by atoms with E-state index in [9.17, 15) is 18.4 Å². The summed E-state index contributed by atoms with van der Waals surface area (Å²) in [6, 6.07) is 6.06. The van der Waals surface area contributed by atoms with Gasteiger partial charge in [0.1, 0.15) is 5.75 Å². The maximum absolute atomic E-state index is 13.0. The summed E-state index contributed by atoms with van der Waals surface area (Å²) < 4.78 is 41.5. The number of ether oxygens (including phenoxy) is 3. The number of para-hydroxylation sites is 1. The molecule has 0 spiro atoms. The molecule has 0 saturated carbocycles. The Morgan fingerprint density at radius 1 is 0.900 bits per heavy atom. The molecule has 30 heavy (non-hydrogen) atoms. The summed E-state index contributed by atoms with van der Waals surface area (Å²) >= 11 is 0. The van der Waals surface area contributed by atoms with Gasteiger partial charge in [0.05, 0.1) is 29.3 Å². The summed E-state index contributed by atoms with van der Waals surface area (Å²) in [6.45, 7) is 7.04. The van der Waals surface area contributed by atoms with Crippen molar-refractivity contribution in [3.8, 4) is 5.75 Å². The topological polar surface area (TPSA) is 73.9 Å². The maximum Gasteiger partial charge on any atom is 0.387 e. The highest BCUT2D eigenvalue weighted by molar-refractivity contribution is 6.00. The van der Waals surface area contributed by atoms with Gasteiger partial charge >= 0.3 is 18.6 Å². The SMILES string of the molecule is CC1=C(C(=O)OC(C)C)C(c2ccccc2OC(F)F)C(C(=O)OC(C)C)=C(C)N1. The Bertz CT molecular complexity index is 830. The minimum atomic E-state index is -3.07. The molecular weight excluding hydrogens is 396 g/mol. The van der Waals surface area contributed by atoms with Crippen LogP contribution in [0, 0.1) is 0 Å². The molecule has 1 aromatic carbocycles. The highest BCUT2D eigenvalue weighted by atomic mass is 19.3. The Kier molecular flexibility index (Phi) is 7.59. The Hall–Kier alpha value is -2.90. The average Bonchev–Trinajstić information content (AvgIpc) is 2.59. The molecule has 0 amide bonds. The number of nitrogens with one attached hydrogen (secondary N) is 1. The van der Waals surface area contributed by atoms with E-state index >= 15 is 0 Å². The van der Waals surface area contributed by atoms with Gasteiger partial charge in [-0.05, 0) is 47.6 Å². The number of rotatable bonds is 7. The number of esters is 2. The van der Waals surface area contributed by atoms with Crippen molar-refractivity contribution in [2.75, 3.05) is 0 Å². The van der Waals surface area contributed by atoms with Crippen LogP contribution in [0.25, 0.3) is 0 Å². The van der Waals surface area contributed by atoms with Gasteiger partial charge in [0.2, 0.25) is 0 Å². The summed E-state index contributed by atoms with van der Waals surface area (Å²) in [6.07, 6.45) is -0.826. The molecule has 0 radical (unpaired) electrons. The van der Waals surface area contributed by atoms with E-state index in [1.165, 1.54) is 12.1 Å². The quantitative estimate of drug-likeness (QED) is 0.655. The number of carbonyl (C=O) groups excluding carboxylic acids is 2. The van der Waals surface area contributed by atoms with Crippen LogP contribution in [0.2, 0.25) is 0 Å². The van der Waals surface area contributed by atoms with Crippen molar-refractivity contribution in [1.29, 1.82) is 0 Å². The van der Waals surface area contributed by atoms with Crippen LogP contribution in [0.3, 0.4) is 0 Å². The highest BCUT2D eigenvalue weighted by Gasteiger charge is 2.40. The first-order valence-electron chi connectivity index (χ1n) is 9.67. The molecule has 1 heterocycles. The van der Waals surface area contributed by atoms with Gasteiger partial charge in [0.15, 0.2) is 0 Å². The van der Waals surface area contributed by atoms with E-state index in [1.807, 2.05) is 0 Å². The van der Waals surface area contributed by atoms with Gasteiger partial charge in [-0.2, -0.15) is 8.78 Å². The molecule has 0 aromatic heterocycles. The third-order valence-corrected chi connectivity index (χ3v) is 4.33. The lowest BCUT2D eigenvalue weighted by molar-refractivity contribution is -0.143. The van der Waals surface area contributed by atoms with E-state index in [2.05, 4.69) is 10.1 Å². The summed E-state index contributed by atoms with van der Waals surface area (Å²) in [5.41, 5.74) is 1.42. The Morgan fingerprint density at radius 2 is 1.37 bits per heavy atom. The van der Waals surface area contributed by atoms with E-state index in [-0.39, 0.29) is 22.5 Å². The predicted octanol–water partition coefficient (Wildman–Crippen LogP) is 4.43. The van der Waals surface area contributed by atoms with Crippen LogP contribution in [0.4, 0.5) is 8.78 Å². The Balaban J connectivity index is 2.71. The summed E-state index contributed by atoms with van der Waals surface area (Å²) in [7, 11) is 0. The second kappa shape index (κ2) is 9.73. The molecule has 6 nitrogen and oxygen atoms in total. The zero-order valence-corrected chi connectivity index (χ0v) is 17.9. The maximum atomic E-state index is 13.0. The fraction of sp³-hybridized carbons (Fsp3) is 0.455. The molecule has 0 atom stereocenters. The second-order valence-corrected chi connectivity index (χ2v) is 7.46. The van der Waals surface area contributed by atoms with Crippen LogP contribution in [0.1, 0.15) is 53.0 Å². The molecule has 0 aliphatic carbocycles. The fourth-order valence-electron chi connectivity index (χ4n) is 3.32. The van der Waals surface area contributed by atoms with Gasteiger partial charge in [-0.1, -0.05) is 18.2 Å². The van der Waals surface area contributed by atoms with Crippen LogP contribution in [-0.2, 0) is 19.1 Å². The number of allylic oxidation sites excluding steroid dienone is 2. The van der Waals surface area contributed by atoms with Crippen molar-refractivity contribution < 1.29 is 32.6 Å². The van der Waals surface area contributed by atoms with Gasteiger partial charge in [-0.15, -0.1) is 0 Å². The van der Waals surface area contributed by atoms with Crippen LogP contribution in [0.15, 0.2) is 46.8 Å². The minimum absolute atomic E-state index is 0.135. The van der Waals surface area contributed by atoms with Crippen LogP contribution in [0.5, 0.6) is 5.75 Å². The highest BCUT2D eigenvalue weighted by Crippen LogP contribution is 2.43. The Morgan fingerprint density at radius 3 is 1.80 bits per heavy atom. The molecule has 1 N–H and O–H groups in total. The predicted molar refractivity (Wildman–Crippen MR) is 107 cm³/mol. The molecular formula is C22H27F2NO5. The molecule has 8 heteroatoms. The van der Waals surface area contributed by atoms with Crippen LogP contribution in [-0.4, -0.2) is 30.8 Å². The largest absolute Gasteiger partial charge is 0.460 e. The number of dihydropyridines is 1. The van der Waals surface area contributed by atoms with Crippen LogP contribution < -0.4 is 10.1 Å². The van der Waals surface area contributed by atoms with Gasteiger partial charge in [0.25, 0.3) is 0 Å². The molecule has 1 aromatic rings. The molecule has 2 rings (SSSR count). The molecule has 1 aliphatic rings. The number of hydrogen-bond donors (Lipinski definition) is 1. The zero-order chi connectivity index (χ0) is 22.6. The number of benzene rings is 1. The third kappa shape index (κ3) is 5.37. The summed E-state index contributed by atoms with van der Waals surface area (Å²) in [4.78, 5) is 25.9. The number of alkyl halides is 2. The van der Waals surface area contributed by atoms with Crippen molar-refractivity contribution in [2.24, 2.45) is 0 Å². The van der Waals surface area contributed by atoms with Crippen molar-refractivity contribution in [2.45, 2.75) is 66.3 Å². The van der Waals surface area contributed by atoms with E-state index in [0.29, 0.717) is 11.4 Å². The first-order chi connectivity index (χ1) is 14.0. The smallest absolute Gasteiger partial charge is 0.387 e. The molecule has 1 aliphatic heterocycles. The summed E-state index contributed by atoms with van der Waals surface area (Å²) in [5, 5.41) is 3.02. The monoisotopic (exact) mass is 423 g/mol. The van der Waals surface area contributed by atoms with Crippen molar-refractivity contribution in [3.63, 3.8) is 0 Å². The van der Waals surface area contributed by atoms with E-state index in [4.69, 9.17) is 9.47 Å². The first kappa shape index (κ1) is 23.4. The lowest BCUT2D eigenvalue weighted by Crippen LogP contribution is -2.34. The van der Waals surface area contributed by atoms with Crippen molar-refractivity contribution in [3.05, 3.63) is 52.4 Å². The van der Waals surface area contributed by atoms with Gasteiger partial charge in [-0.25, -0.2) is 9.59 Å². The standard InChI is InChI=1S/C22H27F2NO5/c1-11(2)28-20(26)17-13(5)25-14(6)18(21(27)29-12(3)4)19(17)15-9-7-8-10-16(15)30-22(23)24/h7-12,19,22,25H,1-6H3. The normalized spacial score (nSPS) is 15.0. The van der Waals surface area contributed by atoms with Gasteiger partial charge in [-0.3, -0.25) is 0 Å². The molecule has 0 saturated heterocycles. The van der Waals surface area contributed by atoms with E-state index in [0.717, 1.165) is 0 Å². The lowest BCUT2D eigenvalue weighted by atomic mass is 9.80. The second-order valence-electron chi connectivity index (χ2n) is 7.46. The molecule has 0 unspecified atom stereocenters. The Labute approximate surface area is 174 Å². The lowest BCUT2D eigenvalue weighted by Gasteiger charge is -2.32. The molecule has 0 bridgehead atoms. The van der Waals surface area contributed by atoms with E-state index < -0.39 is 36.7 Å². The third-order valence-electron chi connectivity index (χ3n) is 4.33. The number of hydrogen-bond acceptors (Lipinski definition) is 6. The van der Waals surface area contributed by atoms with Crippen molar-refractivity contribution in [1.82, 2.24) is 5.32 Å². The summed E-state index contributed by atoms with van der Waals surface area (Å²) in [5.74, 6) is -2.45. The minimum Gasteiger partial charge on any atom is -0.460 e. The fourth-order valence-corrected chi connectivity index (χ4v) is 3.32. The average molecular weight is 423 g/mol. The first-order valence-corrected chi connectivity index (χ1v) is 9.67. The van der Waals surface area contributed by atoms with Crippen LogP contribution >= 0.6 is 0 Å². The molecule has 164 valence electrons. The number of carbonyl (C=O) groups is 2. The zero-order valence-electron chi connectivity index (χ0n) is 17.9.